The van der Waals surface area contributed by atoms with E-state index in [2.05, 4.69) is 21.3 Å². The third kappa shape index (κ3) is 6.75. The monoisotopic (exact) mass is 751 g/mol. The zero-order chi connectivity index (χ0) is 38.5. The lowest BCUT2D eigenvalue weighted by atomic mass is 9.81. The molecule has 3 aromatic rings. The van der Waals surface area contributed by atoms with Gasteiger partial charge < -0.3 is 46.1 Å². The number of fused-ring (bicyclic) bond motifs is 5. The molecular weight excluding hydrogens is 710 g/mol. The Labute approximate surface area is 309 Å². The zero-order valence-electron chi connectivity index (χ0n) is 30.0. The molecule has 4 amide bonds. The lowest BCUT2D eigenvalue weighted by Crippen LogP contribution is -2.53. The van der Waals surface area contributed by atoms with Crippen molar-refractivity contribution in [3.8, 4) is 11.4 Å². The summed E-state index contributed by atoms with van der Waals surface area (Å²) in [5, 5.41) is 23.2. The molecule has 1 aliphatic carbocycles. The fourth-order valence-corrected chi connectivity index (χ4v) is 7.39. The van der Waals surface area contributed by atoms with E-state index in [0.717, 1.165) is 27.6 Å². The lowest BCUT2D eigenvalue weighted by Gasteiger charge is -2.31. The molecule has 2 aromatic heterocycles. The van der Waals surface area contributed by atoms with Crippen LogP contribution in [-0.4, -0.2) is 75.7 Å². The van der Waals surface area contributed by atoms with Gasteiger partial charge in [-0.25, -0.2) is 9.78 Å². The molecule has 53 heavy (non-hydrogen) atoms. The zero-order valence-corrected chi connectivity index (χ0v) is 30.7. The number of benzene rings is 1. The summed E-state index contributed by atoms with van der Waals surface area (Å²) in [6, 6.07) is 0.226. The van der Waals surface area contributed by atoms with Crippen molar-refractivity contribution in [2.75, 3.05) is 13.3 Å². The number of hydrogen-bond acceptors (Lipinski definition) is 11. The maximum Gasteiger partial charge on any atom is 0.343 e. The molecule has 2 aliphatic heterocycles. The van der Waals surface area contributed by atoms with Gasteiger partial charge in [0.05, 0.1) is 41.1 Å². The second-order valence-electron chi connectivity index (χ2n) is 13.8. The molecule has 0 bridgehead atoms. The molecule has 5 atom stereocenters. The van der Waals surface area contributed by atoms with Gasteiger partial charge in [0.2, 0.25) is 23.6 Å². The van der Waals surface area contributed by atoms with E-state index in [1.165, 1.54) is 20.8 Å². The van der Waals surface area contributed by atoms with Gasteiger partial charge >= 0.3 is 5.97 Å². The first-order chi connectivity index (χ1) is 25.1. The van der Waals surface area contributed by atoms with Gasteiger partial charge in [-0.15, -0.1) is 0 Å². The molecule has 0 saturated carbocycles. The molecule has 3 aliphatic rings. The number of nitrogens with two attached hydrogens (primary N) is 1. The van der Waals surface area contributed by atoms with Crippen molar-refractivity contribution in [2.45, 2.75) is 96.8 Å². The predicted octanol–water partition coefficient (Wildman–Crippen LogP) is 0.592. The first-order valence-corrected chi connectivity index (χ1v) is 17.8. The Kier molecular flexibility index (Phi) is 10.4. The summed E-state index contributed by atoms with van der Waals surface area (Å²) >= 11 is 6.66. The quantitative estimate of drug-likeness (QED) is 0.0705. The van der Waals surface area contributed by atoms with Crippen LogP contribution < -0.4 is 32.6 Å². The number of halogens is 1. The van der Waals surface area contributed by atoms with Crippen molar-refractivity contribution in [1.29, 1.82) is 0 Å². The van der Waals surface area contributed by atoms with Crippen LogP contribution in [0.3, 0.4) is 0 Å². The van der Waals surface area contributed by atoms with Crippen LogP contribution in [0.2, 0.25) is 5.02 Å². The van der Waals surface area contributed by atoms with E-state index in [1.54, 1.807) is 23.6 Å². The van der Waals surface area contributed by atoms with Gasteiger partial charge in [-0.2, -0.15) is 0 Å². The maximum atomic E-state index is 13.9. The summed E-state index contributed by atoms with van der Waals surface area (Å²) in [6.07, 6.45) is 1.12. The Morgan fingerprint density at radius 1 is 1.09 bits per heavy atom. The van der Waals surface area contributed by atoms with Crippen LogP contribution >= 0.6 is 11.6 Å². The van der Waals surface area contributed by atoms with Crippen LogP contribution in [0.5, 0.6) is 0 Å². The average Bonchev–Trinajstić information content (AvgIpc) is 3.49. The summed E-state index contributed by atoms with van der Waals surface area (Å²) in [7, 11) is 0. The minimum atomic E-state index is -1.98. The number of aryl methyl sites for hydroxylation is 1. The third-order valence-electron chi connectivity index (χ3n) is 10.2. The normalized spacial score (nSPS) is 19.9. The molecule has 7 N–H and O–H groups in total. The number of amides is 4. The van der Waals surface area contributed by atoms with E-state index < -0.39 is 71.5 Å². The fraction of sp³-hybridized carbons (Fsp3) is 0.472. The van der Waals surface area contributed by atoms with Gasteiger partial charge in [0.25, 0.3) is 5.56 Å². The second kappa shape index (κ2) is 14.5. The van der Waals surface area contributed by atoms with Crippen molar-refractivity contribution < 1.29 is 38.6 Å². The van der Waals surface area contributed by atoms with Crippen molar-refractivity contribution in [1.82, 2.24) is 30.8 Å². The maximum absolute atomic E-state index is 13.9. The number of rotatable bonds is 11. The van der Waals surface area contributed by atoms with E-state index in [4.69, 9.17) is 31.8 Å². The molecule has 16 nitrogen and oxygen atoms in total. The highest BCUT2D eigenvalue weighted by Gasteiger charge is 2.46. The standard InChI is InChI=1S/C36H42ClN7O9/c1-6-36(51)22-9-26-30-20(11-44(26)34(49)21(22)12-53-35(36)50)29-24(8-7-19-15(2)23(37)10-25(43-30)28(19)29)42-27(45)13-52-14-39-32(47)17(4)41-33(48)18(5)40-31(46)16(3)38/h9-10,16-18,24,51H,6-8,11-14,38H2,1-5H3,(H,39,47)(H,40,46)(H,41,48)(H,42,45)/t16?,17-,18-,24-,36-/m0/s1. The first-order valence-electron chi connectivity index (χ1n) is 17.4. The summed E-state index contributed by atoms with van der Waals surface area (Å²) < 4.78 is 12.2. The van der Waals surface area contributed by atoms with Crippen LogP contribution in [0.25, 0.3) is 22.3 Å². The SMILES string of the molecule is CC[C@@]1(O)C(=O)OCc2c1cc1n(c2=O)Cc2c-1nc1cc(Cl)c(C)c3c1c2[C@@H](NC(=O)COCNC(=O)[C@H](C)NC(=O)[C@H](C)NC(=O)C(C)N)CC3. The van der Waals surface area contributed by atoms with Crippen LogP contribution in [0.4, 0.5) is 0 Å². The molecule has 4 heterocycles. The van der Waals surface area contributed by atoms with E-state index in [1.807, 2.05) is 6.92 Å². The summed E-state index contributed by atoms with van der Waals surface area (Å²) in [5.74, 6) is -2.93. The lowest BCUT2D eigenvalue weighted by molar-refractivity contribution is -0.172. The number of aliphatic hydroxyl groups is 1. The molecule has 0 spiro atoms. The van der Waals surface area contributed by atoms with Gasteiger partial charge in [-0.05, 0) is 75.8 Å². The highest BCUT2D eigenvalue weighted by Crippen LogP contribution is 2.46. The summed E-state index contributed by atoms with van der Waals surface area (Å²) in [6.45, 7) is 7.16. The third-order valence-corrected chi connectivity index (χ3v) is 10.6. The van der Waals surface area contributed by atoms with Crippen LogP contribution in [0.15, 0.2) is 16.9 Å². The molecule has 0 saturated heterocycles. The van der Waals surface area contributed by atoms with E-state index >= 15 is 0 Å². The number of nitrogens with zero attached hydrogens (tertiary/aromatic N) is 2. The molecule has 1 unspecified atom stereocenters. The number of carbonyl (C=O) groups is 5. The molecule has 17 heteroatoms. The van der Waals surface area contributed by atoms with Gasteiger partial charge in [-0.3, -0.25) is 24.0 Å². The number of cyclic esters (lactones) is 1. The number of carbonyl (C=O) groups excluding carboxylic acids is 5. The summed E-state index contributed by atoms with van der Waals surface area (Å²) in [4.78, 5) is 81.5. The van der Waals surface area contributed by atoms with Crippen molar-refractivity contribution >= 4 is 52.1 Å². The van der Waals surface area contributed by atoms with Gasteiger partial charge in [0.15, 0.2) is 5.60 Å². The Morgan fingerprint density at radius 3 is 2.49 bits per heavy atom. The largest absolute Gasteiger partial charge is 0.458 e. The molecular formula is C36H42ClN7O9. The molecule has 282 valence electrons. The Balaban J connectivity index is 1.19. The Bertz CT molecular complexity index is 2130. The molecule has 0 fully saturated rings. The van der Waals surface area contributed by atoms with Crippen LogP contribution in [-0.2, 0) is 58.6 Å². The van der Waals surface area contributed by atoms with Gasteiger partial charge in [-0.1, -0.05) is 18.5 Å². The molecule has 6 rings (SSSR count). The van der Waals surface area contributed by atoms with E-state index in [-0.39, 0.29) is 37.4 Å². The molecule has 0 radical (unpaired) electrons. The Hall–Kier alpha value is -4.90. The number of ether oxygens (including phenoxy) is 2. The van der Waals surface area contributed by atoms with Crippen molar-refractivity contribution in [2.24, 2.45) is 5.73 Å². The topological polar surface area (TPSA) is 233 Å². The summed E-state index contributed by atoms with van der Waals surface area (Å²) in [5.41, 5.74) is 8.46. The minimum absolute atomic E-state index is 0.00784. The van der Waals surface area contributed by atoms with E-state index in [0.29, 0.717) is 34.8 Å². The molecule has 1 aromatic carbocycles. The number of esters is 1. The van der Waals surface area contributed by atoms with Crippen molar-refractivity contribution in [3.05, 3.63) is 60.9 Å². The average molecular weight is 752 g/mol. The second-order valence-corrected chi connectivity index (χ2v) is 14.2. The van der Waals surface area contributed by atoms with Crippen LogP contribution in [0, 0.1) is 6.92 Å². The Morgan fingerprint density at radius 2 is 1.79 bits per heavy atom. The van der Waals surface area contributed by atoms with Crippen LogP contribution in [0.1, 0.15) is 80.0 Å². The number of nitrogens with one attached hydrogen (secondary N) is 4. The smallest absolute Gasteiger partial charge is 0.343 e. The van der Waals surface area contributed by atoms with E-state index in [9.17, 15) is 33.9 Å². The fourth-order valence-electron chi connectivity index (χ4n) is 7.17. The number of hydrogen-bond donors (Lipinski definition) is 6. The first kappa shape index (κ1) is 37.8. The highest BCUT2D eigenvalue weighted by atomic mass is 35.5. The number of aromatic nitrogens is 2. The number of pyridine rings is 2. The minimum Gasteiger partial charge on any atom is -0.458 e. The van der Waals surface area contributed by atoms with Crippen molar-refractivity contribution in [3.63, 3.8) is 0 Å². The van der Waals surface area contributed by atoms with Gasteiger partial charge in [0.1, 0.15) is 32.0 Å². The highest BCUT2D eigenvalue weighted by molar-refractivity contribution is 6.32. The van der Waals surface area contributed by atoms with Gasteiger partial charge in [0, 0.05) is 21.5 Å². The predicted molar refractivity (Wildman–Crippen MR) is 191 cm³/mol.